The summed E-state index contributed by atoms with van der Waals surface area (Å²) in [5.41, 5.74) is -0.149. The number of aliphatic hydroxyl groups excluding tert-OH is 1. The van der Waals surface area contributed by atoms with Gasteiger partial charge in [0.2, 0.25) is 5.13 Å². The van der Waals surface area contributed by atoms with E-state index in [1.807, 2.05) is 20.8 Å². The van der Waals surface area contributed by atoms with Crippen LogP contribution >= 0.6 is 11.5 Å². The first-order valence-electron chi connectivity index (χ1n) is 5.87. The lowest BCUT2D eigenvalue weighted by Crippen LogP contribution is -2.32. The van der Waals surface area contributed by atoms with E-state index in [2.05, 4.69) is 35.4 Å². The Labute approximate surface area is 108 Å². The van der Waals surface area contributed by atoms with Crippen LogP contribution in [0.4, 0.5) is 5.13 Å². The fraction of sp³-hybridized carbons (Fsp3) is 0.833. The summed E-state index contributed by atoms with van der Waals surface area (Å²) in [5.74, 6) is 0.843. The highest BCUT2D eigenvalue weighted by Crippen LogP contribution is 2.24. The van der Waals surface area contributed by atoms with Crippen molar-refractivity contribution in [1.29, 1.82) is 0 Å². The number of nitrogens with zero attached hydrogens (tertiary/aromatic N) is 2. The van der Waals surface area contributed by atoms with Gasteiger partial charge in [-0.25, -0.2) is 4.98 Å². The Morgan fingerprint density at radius 2 is 1.82 bits per heavy atom. The number of rotatable bonds is 3. The molecular formula is C12H23N3OS. The zero-order valence-electron chi connectivity index (χ0n) is 11.5. The predicted molar refractivity (Wildman–Crippen MR) is 72.6 cm³/mol. The molecular weight excluding hydrogens is 234 g/mol. The molecule has 0 aliphatic heterocycles. The topological polar surface area (TPSA) is 58.0 Å². The molecule has 0 bridgehead atoms. The Balaban J connectivity index is 2.57. The van der Waals surface area contributed by atoms with Crippen molar-refractivity contribution >= 4 is 16.7 Å². The van der Waals surface area contributed by atoms with Crippen molar-refractivity contribution in [3.8, 4) is 0 Å². The van der Waals surface area contributed by atoms with Crippen molar-refractivity contribution in [2.75, 3.05) is 11.9 Å². The summed E-state index contributed by atoms with van der Waals surface area (Å²) in [5, 5.41) is 13.8. The van der Waals surface area contributed by atoms with Crippen LogP contribution in [0.1, 0.15) is 47.4 Å². The molecule has 1 aromatic heterocycles. The fourth-order valence-corrected chi connectivity index (χ4v) is 1.85. The van der Waals surface area contributed by atoms with Gasteiger partial charge in [-0.2, -0.15) is 4.37 Å². The molecule has 1 atom stereocenters. The Morgan fingerprint density at radius 1 is 1.24 bits per heavy atom. The summed E-state index contributed by atoms with van der Waals surface area (Å²) in [6, 6.07) is 0. The fourth-order valence-electron chi connectivity index (χ4n) is 1.09. The van der Waals surface area contributed by atoms with Gasteiger partial charge in [-0.05, 0) is 5.41 Å². The van der Waals surface area contributed by atoms with Gasteiger partial charge in [-0.15, -0.1) is 0 Å². The first kappa shape index (κ1) is 14.4. The smallest absolute Gasteiger partial charge is 0.202 e. The second-order valence-electron chi connectivity index (χ2n) is 6.44. The van der Waals surface area contributed by atoms with Gasteiger partial charge in [0, 0.05) is 23.5 Å². The van der Waals surface area contributed by atoms with E-state index < -0.39 is 6.10 Å². The van der Waals surface area contributed by atoms with Gasteiger partial charge in [-0.1, -0.05) is 41.5 Å². The van der Waals surface area contributed by atoms with E-state index in [1.54, 1.807) is 0 Å². The molecule has 0 aliphatic rings. The van der Waals surface area contributed by atoms with Gasteiger partial charge >= 0.3 is 0 Å². The summed E-state index contributed by atoms with van der Waals surface area (Å²) in [6.07, 6.45) is -0.399. The third kappa shape index (κ3) is 4.24. The standard InChI is InChI=1S/C12H23N3OS/c1-11(2,3)8(16)7-13-10-14-9(15-17-10)12(4,5)6/h8,16H,7H2,1-6H3,(H,13,14,15). The molecule has 0 saturated carbocycles. The van der Waals surface area contributed by atoms with Crippen LogP contribution in [-0.4, -0.2) is 27.1 Å². The molecule has 1 aromatic rings. The third-order valence-electron chi connectivity index (χ3n) is 2.54. The summed E-state index contributed by atoms with van der Waals surface area (Å²) < 4.78 is 4.31. The molecule has 1 heterocycles. The summed E-state index contributed by atoms with van der Waals surface area (Å²) in [6.45, 7) is 12.8. The zero-order chi connectivity index (χ0) is 13.3. The SMILES string of the molecule is CC(C)(C)c1nsc(NCC(O)C(C)(C)C)n1. The second-order valence-corrected chi connectivity index (χ2v) is 7.19. The number of hydrogen-bond donors (Lipinski definition) is 2. The Morgan fingerprint density at radius 3 is 2.24 bits per heavy atom. The molecule has 0 aliphatic carbocycles. The van der Waals surface area contributed by atoms with Crippen molar-refractivity contribution in [3.63, 3.8) is 0 Å². The molecule has 0 amide bonds. The van der Waals surface area contributed by atoms with Crippen LogP contribution in [0.5, 0.6) is 0 Å². The maximum Gasteiger partial charge on any atom is 0.202 e. The molecule has 1 rings (SSSR count). The van der Waals surface area contributed by atoms with E-state index in [-0.39, 0.29) is 10.8 Å². The molecule has 98 valence electrons. The highest BCUT2D eigenvalue weighted by atomic mass is 32.1. The molecule has 0 aromatic carbocycles. The van der Waals surface area contributed by atoms with E-state index in [0.29, 0.717) is 6.54 Å². The first-order chi connectivity index (χ1) is 7.60. The minimum absolute atomic E-state index is 0.0287. The number of anilines is 1. The molecule has 5 heteroatoms. The van der Waals surface area contributed by atoms with Gasteiger partial charge in [0.1, 0.15) is 5.82 Å². The zero-order valence-corrected chi connectivity index (χ0v) is 12.4. The Hall–Kier alpha value is -0.680. The average Bonchev–Trinajstić information content (AvgIpc) is 2.59. The van der Waals surface area contributed by atoms with Crippen molar-refractivity contribution in [3.05, 3.63) is 5.82 Å². The van der Waals surface area contributed by atoms with Crippen LogP contribution in [0.3, 0.4) is 0 Å². The van der Waals surface area contributed by atoms with Gasteiger partial charge in [0.25, 0.3) is 0 Å². The van der Waals surface area contributed by atoms with E-state index in [0.717, 1.165) is 11.0 Å². The lowest BCUT2D eigenvalue weighted by molar-refractivity contribution is 0.0746. The van der Waals surface area contributed by atoms with Gasteiger partial charge < -0.3 is 10.4 Å². The molecule has 0 radical (unpaired) electrons. The Kier molecular flexibility index (Phi) is 4.15. The molecule has 0 saturated heterocycles. The molecule has 0 spiro atoms. The second kappa shape index (κ2) is 4.90. The van der Waals surface area contributed by atoms with Crippen molar-refractivity contribution in [2.24, 2.45) is 5.41 Å². The van der Waals surface area contributed by atoms with Gasteiger partial charge in [-0.3, -0.25) is 0 Å². The molecule has 1 unspecified atom stereocenters. The third-order valence-corrected chi connectivity index (χ3v) is 3.22. The summed E-state index contributed by atoms with van der Waals surface area (Å²) in [4.78, 5) is 4.42. The highest BCUT2D eigenvalue weighted by molar-refractivity contribution is 7.09. The van der Waals surface area contributed by atoms with E-state index >= 15 is 0 Å². The quantitative estimate of drug-likeness (QED) is 0.874. The Bertz CT molecular complexity index is 363. The average molecular weight is 257 g/mol. The van der Waals surface area contributed by atoms with Crippen LogP contribution in [0, 0.1) is 5.41 Å². The van der Waals surface area contributed by atoms with Crippen molar-refractivity contribution in [2.45, 2.75) is 53.1 Å². The molecule has 4 nitrogen and oxygen atoms in total. The van der Waals surface area contributed by atoms with Gasteiger partial charge in [0.15, 0.2) is 0 Å². The van der Waals surface area contributed by atoms with E-state index in [4.69, 9.17) is 0 Å². The maximum absolute atomic E-state index is 9.91. The highest BCUT2D eigenvalue weighted by Gasteiger charge is 2.23. The number of nitrogens with one attached hydrogen (secondary N) is 1. The largest absolute Gasteiger partial charge is 0.391 e. The summed E-state index contributed by atoms with van der Waals surface area (Å²) >= 11 is 1.35. The minimum atomic E-state index is -0.399. The number of hydrogen-bond acceptors (Lipinski definition) is 5. The molecule has 0 fully saturated rings. The van der Waals surface area contributed by atoms with Crippen LogP contribution < -0.4 is 5.32 Å². The van der Waals surface area contributed by atoms with E-state index in [9.17, 15) is 5.11 Å². The minimum Gasteiger partial charge on any atom is -0.391 e. The number of aromatic nitrogens is 2. The normalized spacial score (nSPS) is 14.8. The van der Waals surface area contributed by atoms with Crippen molar-refractivity contribution < 1.29 is 5.11 Å². The lowest BCUT2D eigenvalue weighted by Gasteiger charge is -2.25. The number of aliphatic hydroxyl groups is 1. The van der Waals surface area contributed by atoms with Crippen molar-refractivity contribution in [1.82, 2.24) is 9.36 Å². The van der Waals surface area contributed by atoms with Gasteiger partial charge in [0.05, 0.1) is 6.10 Å². The summed E-state index contributed by atoms with van der Waals surface area (Å²) in [7, 11) is 0. The monoisotopic (exact) mass is 257 g/mol. The molecule has 2 N–H and O–H groups in total. The lowest BCUT2D eigenvalue weighted by atomic mass is 9.89. The van der Waals surface area contributed by atoms with E-state index in [1.165, 1.54) is 11.5 Å². The first-order valence-corrected chi connectivity index (χ1v) is 6.64. The van der Waals surface area contributed by atoms with Crippen LogP contribution in [0.2, 0.25) is 0 Å². The molecule has 17 heavy (non-hydrogen) atoms. The van der Waals surface area contributed by atoms with Crippen LogP contribution in [0.15, 0.2) is 0 Å². The predicted octanol–water partition coefficient (Wildman–Crippen LogP) is 2.65. The van der Waals surface area contributed by atoms with Crippen LogP contribution in [-0.2, 0) is 5.41 Å². The maximum atomic E-state index is 9.91. The van der Waals surface area contributed by atoms with Crippen LogP contribution in [0.25, 0.3) is 0 Å².